The van der Waals surface area contributed by atoms with Crippen molar-refractivity contribution in [2.75, 3.05) is 78.7 Å². The van der Waals surface area contributed by atoms with Gasteiger partial charge in [-0.05, 0) is 47.6 Å². The van der Waals surface area contributed by atoms with E-state index >= 15 is 0 Å². The number of hydrogen-bond donors (Lipinski definition) is 2. The highest BCUT2D eigenvalue weighted by molar-refractivity contribution is 14.0. The third-order valence-electron chi connectivity index (χ3n) is 5.49. The van der Waals surface area contributed by atoms with Crippen LogP contribution in [-0.4, -0.2) is 117 Å². The summed E-state index contributed by atoms with van der Waals surface area (Å²) >= 11 is 0. The molecule has 10 heteroatoms. The van der Waals surface area contributed by atoms with E-state index < -0.39 is 5.60 Å². The molecule has 32 heavy (non-hydrogen) atoms. The van der Waals surface area contributed by atoms with Crippen molar-refractivity contribution in [3.63, 3.8) is 0 Å². The lowest BCUT2D eigenvalue weighted by atomic mass is 10.2. The van der Waals surface area contributed by atoms with Crippen molar-refractivity contribution in [2.45, 2.75) is 52.7 Å². The van der Waals surface area contributed by atoms with Crippen LogP contribution < -0.4 is 10.6 Å². The molecule has 2 N–H and O–H groups in total. The van der Waals surface area contributed by atoms with Crippen LogP contribution in [0, 0.1) is 0 Å². The molecule has 1 amide bonds. The van der Waals surface area contributed by atoms with Gasteiger partial charge in [0.1, 0.15) is 5.60 Å². The number of nitrogens with one attached hydrogen (secondary N) is 2. The summed E-state index contributed by atoms with van der Waals surface area (Å²) in [5.74, 6) is 0.886. The molecule has 0 aromatic heterocycles. The van der Waals surface area contributed by atoms with Crippen LogP contribution in [0.4, 0.5) is 4.79 Å². The van der Waals surface area contributed by atoms with E-state index in [0.717, 1.165) is 91.0 Å². The zero-order valence-electron chi connectivity index (χ0n) is 20.7. The molecule has 0 radical (unpaired) electrons. The number of nitrogens with zero attached hydrogens (tertiary/aromatic N) is 4. The van der Waals surface area contributed by atoms with E-state index in [1.807, 2.05) is 25.7 Å². The second-order valence-electron chi connectivity index (χ2n) is 9.31. The lowest BCUT2D eigenvalue weighted by Gasteiger charge is -2.35. The van der Waals surface area contributed by atoms with Gasteiger partial charge in [-0.15, -0.1) is 24.0 Å². The molecule has 2 heterocycles. The Morgan fingerprint density at radius 3 is 2.34 bits per heavy atom. The number of piperazine rings is 1. The predicted octanol–water partition coefficient (Wildman–Crippen LogP) is 1.82. The second-order valence-corrected chi connectivity index (χ2v) is 9.31. The van der Waals surface area contributed by atoms with Crippen molar-refractivity contribution in [2.24, 2.45) is 4.99 Å². The first-order valence-electron chi connectivity index (χ1n) is 11.8. The summed E-state index contributed by atoms with van der Waals surface area (Å²) in [5.41, 5.74) is -0.439. The predicted molar refractivity (Wildman–Crippen MR) is 140 cm³/mol. The number of halogens is 1. The number of morpholine rings is 1. The maximum atomic E-state index is 12.2. The maximum absolute atomic E-state index is 12.2. The average Bonchev–Trinajstić information content (AvgIpc) is 2.74. The summed E-state index contributed by atoms with van der Waals surface area (Å²) in [7, 11) is 0. The molecule has 1 atom stereocenters. The van der Waals surface area contributed by atoms with Gasteiger partial charge in [0.15, 0.2) is 5.96 Å². The maximum Gasteiger partial charge on any atom is 0.410 e. The molecule has 0 aromatic carbocycles. The van der Waals surface area contributed by atoms with Crippen molar-refractivity contribution < 1.29 is 14.3 Å². The number of ether oxygens (including phenoxy) is 2. The minimum Gasteiger partial charge on any atom is -0.444 e. The number of amides is 1. The standard InChI is InChI=1S/C22H44N6O3.HI/c1-6-23-20(25-18-19(2)27-14-16-30-17-15-27)24-8-7-9-26-10-12-28(13-11-26)21(29)31-22(3,4)5;/h19H,6-18H2,1-5H3,(H2,23,24,25);1H. The van der Waals surface area contributed by atoms with Crippen molar-refractivity contribution in [1.82, 2.24) is 25.3 Å². The Hall–Kier alpha value is -0.850. The van der Waals surface area contributed by atoms with Gasteiger partial charge in [0.05, 0.1) is 19.8 Å². The third kappa shape index (κ3) is 11.3. The second kappa shape index (κ2) is 15.1. The number of carbonyl (C=O) groups is 1. The summed E-state index contributed by atoms with van der Waals surface area (Å²) < 4.78 is 10.9. The zero-order chi connectivity index (χ0) is 22.7. The Balaban J connectivity index is 0.00000512. The first kappa shape index (κ1) is 29.2. The molecule has 0 bridgehead atoms. The Kier molecular flexibility index (Phi) is 13.8. The highest BCUT2D eigenvalue weighted by Gasteiger charge is 2.25. The van der Waals surface area contributed by atoms with E-state index in [2.05, 4.69) is 34.3 Å². The summed E-state index contributed by atoms with van der Waals surface area (Å²) in [6, 6.07) is 0.417. The Bertz CT molecular complexity index is 558. The molecule has 2 saturated heterocycles. The quantitative estimate of drug-likeness (QED) is 0.200. The summed E-state index contributed by atoms with van der Waals surface area (Å²) in [6.45, 7) is 20.4. The molecule has 9 nitrogen and oxygen atoms in total. The normalized spacial score (nSPS) is 19.8. The SMILES string of the molecule is CCNC(=NCC(C)N1CCOCC1)NCCCN1CCN(C(=O)OC(C)(C)C)CC1.I. The van der Waals surface area contributed by atoms with E-state index in [0.29, 0.717) is 6.04 Å². The molecule has 2 rings (SSSR count). The fourth-order valence-corrected chi connectivity index (χ4v) is 3.69. The third-order valence-corrected chi connectivity index (χ3v) is 5.49. The van der Waals surface area contributed by atoms with Crippen LogP contribution in [0.25, 0.3) is 0 Å². The first-order valence-corrected chi connectivity index (χ1v) is 11.8. The van der Waals surface area contributed by atoms with Gasteiger partial charge in [-0.25, -0.2) is 4.79 Å². The lowest BCUT2D eigenvalue weighted by molar-refractivity contribution is 0.0145. The van der Waals surface area contributed by atoms with Crippen LogP contribution in [0.2, 0.25) is 0 Å². The number of guanidine groups is 1. The van der Waals surface area contributed by atoms with Crippen LogP contribution in [-0.2, 0) is 9.47 Å². The van der Waals surface area contributed by atoms with Crippen LogP contribution in [0.5, 0.6) is 0 Å². The molecule has 0 aromatic rings. The number of aliphatic imine (C=N–C) groups is 1. The molecule has 2 aliphatic rings. The molecule has 0 saturated carbocycles. The van der Waals surface area contributed by atoms with E-state index in [1.165, 1.54) is 0 Å². The van der Waals surface area contributed by atoms with Crippen molar-refractivity contribution in [3.8, 4) is 0 Å². The molecule has 2 fully saturated rings. The Morgan fingerprint density at radius 1 is 1.09 bits per heavy atom. The minimum absolute atomic E-state index is 0. The zero-order valence-corrected chi connectivity index (χ0v) is 23.0. The largest absolute Gasteiger partial charge is 0.444 e. The molecule has 2 aliphatic heterocycles. The van der Waals surface area contributed by atoms with Gasteiger partial charge in [-0.3, -0.25) is 14.8 Å². The number of rotatable bonds is 8. The first-order chi connectivity index (χ1) is 14.8. The topological polar surface area (TPSA) is 81.7 Å². The van der Waals surface area contributed by atoms with Gasteiger partial charge in [0.2, 0.25) is 0 Å². The van der Waals surface area contributed by atoms with Gasteiger partial charge in [0.25, 0.3) is 0 Å². The van der Waals surface area contributed by atoms with Crippen molar-refractivity contribution in [3.05, 3.63) is 0 Å². The summed E-state index contributed by atoms with van der Waals surface area (Å²) in [4.78, 5) is 23.6. The minimum atomic E-state index is -0.439. The van der Waals surface area contributed by atoms with E-state index in [1.54, 1.807) is 0 Å². The fraction of sp³-hybridized carbons (Fsp3) is 0.909. The van der Waals surface area contributed by atoms with Crippen LogP contribution in [0.3, 0.4) is 0 Å². The van der Waals surface area contributed by atoms with Gasteiger partial charge in [-0.1, -0.05) is 0 Å². The summed E-state index contributed by atoms with van der Waals surface area (Å²) in [6.07, 6.45) is 0.835. The molecule has 1 unspecified atom stereocenters. The summed E-state index contributed by atoms with van der Waals surface area (Å²) in [5, 5.41) is 6.80. The van der Waals surface area contributed by atoms with Gasteiger partial charge >= 0.3 is 6.09 Å². The van der Waals surface area contributed by atoms with Gasteiger partial charge in [0, 0.05) is 58.4 Å². The van der Waals surface area contributed by atoms with Crippen molar-refractivity contribution in [1.29, 1.82) is 0 Å². The van der Waals surface area contributed by atoms with Crippen molar-refractivity contribution >= 4 is 36.0 Å². The molecule has 188 valence electrons. The number of hydrogen-bond acceptors (Lipinski definition) is 6. The molecular weight excluding hydrogens is 523 g/mol. The van der Waals surface area contributed by atoms with E-state index in [-0.39, 0.29) is 30.1 Å². The molecular formula is C22H45IN6O3. The smallest absolute Gasteiger partial charge is 0.410 e. The number of carbonyl (C=O) groups excluding carboxylic acids is 1. The van der Waals surface area contributed by atoms with Gasteiger partial charge < -0.3 is 25.0 Å². The van der Waals surface area contributed by atoms with Crippen LogP contribution in [0.1, 0.15) is 41.0 Å². The molecule has 0 aliphatic carbocycles. The highest BCUT2D eigenvalue weighted by atomic mass is 127. The fourth-order valence-electron chi connectivity index (χ4n) is 3.69. The Morgan fingerprint density at radius 2 is 1.75 bits per heavy atom. The lowest BCUT2D eigenvalue weighted by Crippen LogP contribution is -2.50. The monoisotopic (exact) mass is 568 g/mol. The highest BCUT2D eigenvalue weighted by Crippen LogP contribution is 2.12. The molecule has 0 spiro atoms. The Labute approximate surface area is 211 Å². The average molecular weight is 569 g/mol. The van der Waals surface area contributed by atoms with Gasteiger partial charge in [-0.2, -0.15) is 0 Å². The van der Waals surface area contributed by atoms with E-state index in [4.69, 9.17) is 14.5 Å². The van der Waals surface area contributed by atoms with E-state index in [9.17, 15) is 4.79 Å². The van der Waals surface area contributed by atoms with Crippen LogP contribution >= 0.6 is 24.0 Å². The van der Waals surface area contributed by atoms with Crippen LogP contribution in [0.15, 0.2) is 4.99 Å².